The minimum absolute atomic E-state index is 0.129. The summed E-state index contributed by atoms with van der Waals surface area (Å²) < 4.78 is 5.46. The van der Waals surface area contributed by atoms with Crippen molar-refractivity contribution in [2.75, 3.05) is 13.7 Å². The first-order valence-corrected chi connectivity index (χ1v) is 10.4. The molecule has 1 aliphatic rings. The number of likely N-dealkylation sites (tertiary alicyclic amines) is 1. The van der Waals surface area contributed by atoms with E-state index in [1.807, 2.05) is 54.6 Å². The molecule has 0 unspecified atom stereocenters. The molecule has 2 aromatic carbocycles. The number of carbonyl (C=O) groups is 2. The number of pyridine rings is 1. The van der Waals surface area contributed by atoms with Crippen molar-refractivity contribution in [3.8, 4) is 16.9 Å². The third kappa shape index (κ3) is 4.58. The SMILES string of the molecule is COc1ccccc1-c1cccc(C(=O)N2CCC[C@H]2C(=O)NCc2cccnc2)c1. The van der Waals surface area contributed by atoms with Crippen LogP contribution in [0.1, 0.15) is 28.8 Å². The predicted molar refractivity (Wildman–Crippen MR) is 119 cm³/mol. The van der Waals surface area contributed by atoms with Gasteiger partial charge in [-0.15, -0.1) is 0 Å². The van der Waals surface area contributed by atoms with E-state index in [-0.39, 0.29) is 11.8 Å². The number of nitrogens with one attached hydrogen (secondary N) is 1. The summed E-state index contributed by atoms with van der Waals surface area (Å²) in [6.45, 7) is 0.969. The van der Waals surface area contributed by atoms with Gasteiger partial charge >= 0.3 is 0 Å². The van der Waals surface area contributed by atoms with Gasteiger partial charge in [0.2, 0.25) is 5.91 Å². The van der Waals surface area contributed by atoms with Crippen molar-refractivity contribution < 1.29 is 14.3 Å². The van der Waals surface area contributed by atoms with E-state index in [2.05, 4.69) is 10.3 Å². The molecule has 1 fully saturated rings. The van der Waals surface area contributed by atoms with Crippen molar-refractivity contribution >= 4 is 11.8 Å². The molecule has 1 aromatic heterocycles. The van der Waals surface area contributed by atoms with Crippen LogP contribution in [0.3, 0.4) is 0 Å². The van der Waals surface area contributed by atoms with E-state index in [0.29, 0.717) is 25.1 Å². The molecule has 6 nitrogen and oxygen atoms in total. The number of nitrogens with zero attached hydrogens (tertiary/aromatic N) is 2. The maximum absolute atomic E-state index is 13.3. The van der Waals surface area contributed by atoms with E-state index in [1.165, 1.54) is 0 Å². The highest BCUT2D eigenvalue weighted by atomic mass is 16.5. The Balaban J connectivity index is 1.50. The Morgan fingerprint density at radius 3 is 2.81 bits per heavy atom. The van der Waals surface area contributed by atoms with Crippen LogP contribution >= 0.6 is 0 Å². The van der Waals surface area contributed by atoms with Crippen molar-refractivity contribution in [3.63, 3.8) is 0 Å². The average Bonchev–Trinajstić information content (AvgIpc) is 3.33. The normalized spacial score (nSPS) is 15.5. The number of hydrogen-bond donors (Lipinski definition) is 1. The summed E-state index contributed by atoms with van der Waals surface area (Å²) in [6.07, 6.45) is 4.89. The molecule has 1 aliphatic heterocycles. The van der Waals surface area contributed by atoms with Gasteiger partial charge in [-0.05, 0) is 48.2 Å². The lowest BCUT2D eigenvalue weighted by atomic mass is 10.0. The fourth-order valence-corrected chi connectivity index (χ4v) is 3.96. The zero-order valence-corrected chi connectivity index (χ0v) is 17.5. The molecule has 2 amide bonds. The van der Waals surface area contributed by atoms with Crippen LogP contribution in [-0.2, 0) is 11.3 Å². The highest BCUT2D eigenvalue weighted by molar-refractivity contribution is 5.99. The number of ether oxygens (including phenoxy) is 1. The molecule has 0 aliphatic carbocycles. The minimum Gasteiger partial charge on any atom is -0.496 e. The lowest BCUT2D eigenvalue weighted by molar-refractivity contribution is -0.125. The highest BCUT2D eigenvalue weighted by Crippen LogP contribution is 2.30. The molecule has 0 saturated carbocycles. The Morgan fingerprint density at radius 1 is 1.13 bits per heavy atom. The van der Waals surface area contributed by atoms with Gasteiger partial charge < -0.3 is 15.0 Å². The van der Waals surface area contributed by atoms with E-state index >= 15 is 0 Å². The Hall–Kier alpha value is -3.67. The molecular weight excluding hydrogens is 390 g/mol. The lowest BCUT2D eigenvalue weighted by Gasteiger charge is -2.24. The molecule has 2 heterocycles. The molecular formula is C25H25N3O3. The molecule has 1 atom stereocenters. The Bertz CT molecular complexity index is 1070. The number of carbonyl (C=O) groups excluding carboxylic acids is 2. The molecule has 0 bridgehead atoms. The van der Waals surface area contributed by atoms with Gasteiger partial charge in [-0.1, -0.05) is 36.4 Å². The third-order valence-electron chi connectivity index (χ3n) is 5.53. The number of rotatable bonds is 6. The van der Waals surface area contributed by atoms with Crippen LogP contribution in [0.25, 0.3) is 11.1 Å². The van der Waals surface area contributed by atoms with Crippen LogP contribution in [0.5, 0.6) is 5.75 Å². The third-order valence-corrected chi connectivity index (χ3v) is 5.53. The van der Waals surface area contributed by atoms with Gasteiger partial charge in [0.25, 0.3) is 5.91 Å². The second kappa shape index (κ2) is 9.43. The second-order valence-corrected chi connectivity index (χ2v) is 7.52. The Kier molecular flexibility index (Phi) is 6.26. The monoisotopic (exact) mass is 415 g/mol. The van der Waals surface area contributed by atoms with Gasteiger partial charge in [0.05, 0.1) is 7.11 Å². The summed E-state index contributed by atoms with van der Waals surface area (Å²) in [6, 6.07) is 18.5. The largest absolute Gasteiger partial charge is 0.496 e. The second-order valence-electron chi connectivity index (χ2n) is 7.52. The molecule has 6 heteroatoms. The summed E-state index contributed by atoms with van der Waals surface area (Å²) in [5.74, 6) is 0.493. The van der Waals surface area contributed by atoms with Crippen molar-refractivity contribution in [3.05, 3.63) is 84.2 Å². The molecule has 4 rings (SSSR count). The first-order chi connectivity index (χ1) is 15.2. The van der Waals surface area contributed by atoms with Gasteiger partial charge in [0, 0.05) is 36.6 Å². The van der Waals surface area contributed by atoms with Crippen molar-refractivity contribution in [2.45, 2.75) is 25.4 Å². The summed E-state index contributed by atoms with van der Waals surface area (Å²) in [4.78, 5) is 31.8. The molecule has 0 spiro atoms. The van der Waals surface area contributed by atoms with Crippen LogP contribution in [0.4, 0.5) is 0 Å². The summed E-state index contributed by atoms with van der Waals surface area (Å²) >= 11 is 0. The fourth-order valence-electron chi connectivity index (χ4n) is 3.96. The standard InChI is InChI=1S/C25H25N3O3/c1-31-23-12-3-2-10-21(23)19-8-4-9-20(15-19)25(30)28-14-6-11-22(28)24(29)27-17-18-7-5-13-26-16-18/h2-5,7-10,12-13,15-16,22H,6,11,14,17H2,1H3,(H,27,29)/t22-/m0/s1. The summed E-state index contributed by atoms with van der Waals surface area (Å²) in [5, 5.41) is 2.94. The lowest BCUT2D eigenvalue weighted by Crippen LogP contribution is -2.45. The van der Waals surface area contributed by atoms with Crippen molar-refractivity contribution in [1.82, 2.24) is 15.2 Å². The number of hydrogen-bond acceptors (Lipinski definition) is 4. The average molecular weight is 415 g/mol. The zero-order chi connectivity index (χ0) is 21.6. The quantitative estimate of drug-likeness (QED) is 0.667. The van der Waals surface area contributed by atoms with Crippen molar-refractivity contribution in [2.24, 2.45) is 0 Å². The molecule has 31 heavy (non-hydrogen) atoms. The van der Waals surface area contributed by atoms with Crippen LogP contribution in [0.2, 0.25) is 0 Å². The molecule has 1 saturated heterocycles. The van der Waals surface area contributed by atoms with Crippen molar-refractivity contribution in [1.29, 1.82) is 0 Å². The summed E-state index contributed by atoms with van der Waals surface area (Å²) in [7, 11) is 1.63. The first-order valence-electron chi connectivity index (χ1n) is 10.4. The van der Waals surface area contributed by atoms with Gasteiger partial charge in [-0.2, -0.15) is 0 Å². The number of para-hydroxylation sites is 1. The number of methoxy groups -OCH3 is 1. The minimum atomic E-state index is -0.459. The van der Waals surface area contributed by atoms with Crippen LogP contribution in [-0.4, -0.2) is 41.4 Å². The van der Waals surface area contributed by atoms with Crippen LogP contribution in [0.15, 0.2) is 73.1 Å². The Labute approximate surface area is 181 Å². The smallest absolute Gasteiger partial charge is 0.254 e. The zero-order valence-electron chi connectivity index (χ0n) is 17.5. The maximum Gasteiger partial charge on any atom is 0.254 e. The first kappa shape index (κ1) is 20.6. The van der Waals surface area contributed by atoms with E-state index < -0.39 is 6.04 Å². The molecule has 3 aromatic rings. The number of benzene rings is 2. The predicted octanol–water partition coefficient (Wildman–Crippen LogP) is 3.68. The molecule has 0 radical (unpaired) electrons. The topological polar surface area (TPSA) is 71.5 Å². The maximum atomic E-state index is 13.3. The van der Waals surface area contributed by atoms with E-state index in [1.54, 1.807) is 30.5 Å². The molecule has 1 N–H and O–H groups in total. The Morgan fingerprint density at radius 2 is 2.00 bits per heavy atom. The van der Waals surface area contributed by atoms with Crippen LogP contribution < -0.4 is 10.1 Å². The number of amides is 2. The highest BCUT2D eigenvalue weighted by Gasteiger charge is 2.34. The van der Waals surface area contributed by atoms with E-state index in [0.717, 1.165) is 28.9 Å². The van der Waals surface area contributed by atoms with Crippen LogP contribution in [0, 0.1) is 0 Å². The fraction of sp³-hybridized carbons (Fsp3) is 0.240. The number of aromatic nitrogens is 1. The van der Waals surface area contributed by atoms with E-state index in [9.17, 15) is 9.59 Å². The van der Waals surface area contributed by atoms with Gasteiger partial charge in [0.15, 0.2) is 0 Å². The van der Waals surface area contributed by atoms with Gasteiger partial charge in [0.1, 0.15) is 11.8 Å². The molecule has 158 valence electrons. The van der Waals surface area contributed by atoms with Gasteiger partial charge in [-0.25, -0.2) is 0 Å². The van der Waals surface area contributed by atoms with E-state index in [4.69, 9.17) is 4.74 Å². The summed E-state index contributed by atoms with van der Waals surface area (Å²) in [5.41, 5.74) is 3.32. The van der Waals surface area contributed by atoms with Gasteiger partial charge in [-0.3, -0.25) is 14.6 Å².